The maximum absolute atomic E-state index is 12.4. The van der Waals surface area contributed by atoms with E-state index in [0.29, 0.717) is 18.9 Å². The second-order valence-electron chi connectivity index (χ2n) is 6.86. The van der Waals surface area contributed by atoms with Gasteiger partial charge < -0.3 is 10.0 Å². The number of hydrogen-bond donors (Lipinski definition) is 1. The third-order valence-corrected chi connectivity index (χ3v) is 4.54. The molecule has 1 aliphatic heterocycles. The van der Waals surface area contributed by atoms with Crippen LogP contribution in [0.5, 0.6) is 0 Å². The second-order valence-corrected chi connectivity index (χ2v) is 6.86. The molecule has 0 radical (unpaired) electrons. The van der Waals surface area contributed by atoms with Gasteiger partial charge in [0, 0.05) is 39.1 Å². The zero-order valence-electron chi connectivity index (χ0n) is 14.4. The van der Waals surface area contributed by atoms with Gasteiger partial charge in [0.15, 0.2) is 0 Å². The van der Waals surface area contributed by atoms with Crippen LogP contribution in [0.2, 0.25) is 0 Å². The summed E-state index contributed by atoms with van der Waals surface area (Å²) in [7, 11) is 0. The number of nitrogens with zero attached hydrogens (tertiary/aromatic N) is 2. The largest absolute Gasteiger partial charge is 0.392 e. The summed E-state index contributed by atoms with van der Waals surface area (Å²) in [4.78, 5) is 16.6. The summed E-state index contributed by atoms with van der Waals surface area (Å²) >= 11 is 0. The monoisotopic (exact) mass is 318 g/mol. The number of amides is 1. The first-order chi connectivity index (χ1) is 11.0. The van der Waals surface area contributed by atoms with Crippen molar-refractivity contribution in [1.29, 1.82) is 0 Å². The Kier molecular flexibility index (Phi) is 7.06. The molecule has 0 spiro atoms. The topological polar surface area (TPSA) is 43.8 Å². The molecule has 1 N–H and O–H groups in total. The molecule has 23 heavy (non-hydrogen) atoms. The Labute approximate surface area is 140 Å². The average molecular weight is 318 g/mol. The van der Waals surface area contributed by atoms with Crippen LogP contribution in [0.1, 0.15) is 32.3 Å². The molecule has 1 saturated heterocycles. The SMILES string of the molecule is C[C@@H](CCc1ccccc1)CC(=O)N1CCN(C[C@H](C)O)CC1. The van der Waals surface area contributed by atoms with Crippen LogP contribution in [-0.2, 0) is 11.2 Å². The molecule has 0 bridgehead atoms. The summed E-state index contributed by atoms with van der Waals surface area (Å²) in [6.07, 6.45) is 2.44. The Balaban J connectivity index is 1.68. The van der Waals surface area contributed by atoms with Crippen LogP contribution in [0.4, 0.5) is 0 Å². The molecule has 0 unspecified atom stereocenters. The van der Waals surface area contributed by atoms with Gasteiger partial charge in [-0.1, -0.05) is 37.3 Å². The summed E-state index contributed by atoms with van der Waals surface area (Å²) in [5, 5.41) is 9.43. The van der Waals surface area contributed by atoms with Crippen molar-refractivity contribution in [3.63, 3.8) is 0 Å². The summed E-state index contributed by atoms with van der Waals surface area (Å²) < 4.78 is 0. The second kappa shape index (κ2) is 9.04. The van der Waals surface area contributed by atoms with Crippen molar-refractivity contribution in [3.8, 4) is 0 Å². The summed E-state index contributed by atoms with van der Waals surface area (Å²) in [6, 6.07) is 10.5. The number of carbonyl (C=O) groups is 1. The van der Waals surface area contributed by atoms with Crippen LogP contribution in [-0.4, -0.2) is 59.6 Å². The summed E-state index contributed by atoms with van der Waals surface area (Å²) in [5.74, 6) is 0.695. The maximum Gasteiger partial charge on any atom is 0.222 e. The van der Waals surface area contributed by atoms with Crippen molar-refractivity contribution in [2.45, 2.75) is 39.2 Å². The van der Waals surface area contributed by atoms with Crippen LogP contribution in [0.3, 0.4) is 0 Å². The lowest BCUT2D eigenvalue weighted by molar-refractivity contribution is -0.134. The van der Waals surface area contributed by atoms with E-state index in [2.05, 4.69) is 36.1 Å². The molecule has 0 aliphatic carbocycles. The number of aryl methyl sites for hydroxylation is 1. The number of hydrogen-bond acceptors (Lipinski definition) is 3. The predicted octanol–water partition coefficient (Wildman–Crippen LogP) is 2.17. The van der Waals surface area contributed by atoms with Gasteiger partial charge in [-0.2, -0.15) is 0 Å². The minimum Gasteiger partial charge on any atom is -0.392 e. The van der Waals surface area contributed by atoms with Crippen LogP contribution in [0, 0.1) is 5.92 Å². The summed E-state index contributed by atoms with van der Waals surface area (Å²) in [6.45, 7) is 8.00. The standard InChI is InChI=1S/C19H30N2O2/c1-16(8-9-18-6-4-3-5-7-18)14-19(23)21-12-10-20(11-13-21)15-17(2)22/h3-7,16-17,22H,8-15H2,1-2H3/t16-,17-/m0/s1. The van der Waals surface area contributed by atoms with Gasteiger partial charge in [0.1, 0.15) is 0 Å². The van der Waals surface area contributed by atoms with Gasteiger partial charge in [-0.05, 0) is 31.2 Å². The molecule has 128 valence electrons. The molecule has 0 saturated carbocycles. The molecule has 1 aromatic rings. The first kappa shape index (κ1) is 18.0. The van der Waals surface area contributed by atoms with E-state index in [-0.39, 0.29) is 12.0 Å². The van der Waals surface area contributed by atoms with E-state index in [4.69, 9.17) is 0 Å². The Morgan fingerprint density at radius 2 is 1.78 bits per heavy atom. The molecular formula is C19H30N2O2. The molecule has 1 amide bonds. The van der Waals surface area contributed by atoms with E-state index in [0.717, 1.165) is 39.0 Å². The Hall–Kier alpha value is -1.39. The van der Waals surface area contributed by atoms with Crippen LogP contribution in [0.15, 0.2) is 30.3 Å². The molecule has 1 heterocycles. The highest BCUT2D eigenvalue weighted by Gasteiger charge is 2.22. The van der Waals surface area contributed by atoms with Gasteiger partial charge >= 0.3 is 0 Å². The fourth-order valence-electron chi connectivity index (χ4n) is 3.14. The van der Waals surface area contributed by atoms with Crippen molar-refractivity contribution in [2.75, 3.05) is 32.7 Å². The van der Waals surface area contributed by atoms with Crippen molar-refractivity contribution < 1.29 is 9.90 Å². The highest BCUT2D eigenvalue weighted by atomic mass is 16.3. The number of benzene rings is 1. The number of aliphatic hydroxyl groups is 1. The smallest absolute Gasteiger partial charge is 0.222 e. The first-order valence-electron chi connectivity index (χ1n) is 8.76. The van der Waals surface area contributed by atoms with Crippen molar-refractivity contribution in [3.05, 3.63) is 35.9 Å². The molecule has 1 aromatic carbocycles. The number of rotatable bonds is 7. The number of β-amino-alcohol motifs (C(OH)–C–C–N with tert-alkyl or cyclic N) is 1. The molecule has 4 heteroatoms. The average Bonchev–Trinajstić information content (AvgIpc) is 2.54. The lowest BCUT2D eigenvalue weighted by Gasteiger charge is -2.35. The quantitative estimate of drug-likeness (QED) is 0.838. The Morgan fingerprint density at radius 1 is 1.13 bits per heavy atom. The zero-order chi connectivity index (χ0) is 16.7. The van der Waals surface area contributed by atoms with E-state index in [9.17, 15) is 9.90 Å². The lowest BCUT2D eigenvalue weighted by atomic mass is 9.97. The van der Waals surface area contributed by atoms with E-state index >= 15 is 0 Å². The van der Waals surface area contributed by atoms with Crippen LogP contribution >= 0.6 is 0 Å². The van der Waals surface area contributed by atoms with Gasteiger partial charge in [-0.3, -0.25) is 9.69 Å². The van der Waals surface area contributed by atoms with E-state index < -0.39 is 0 Å². The highest BCUT2D eigenvalue weighted by Crippen LogP contribution is 2.15. The van der Waals surface area contributed by atoms with Crippen molar-refractivity contribution >= 4 is 5.91 Å². The van der Waals surface area contributed by atoms with E-state index in [1.54, 1.807) is 0 Å². The highest BCUT2D eigenvalue weighted by molar-refractivity contribution is 5.76. The van der Waals surface area contributed by atoms with E-state index in [1.165, 1.54) is 5.56 Å². The molecule has 1 fully saturated rings. The fourth-order valence-corrected chi connectivity index (χ4v) is 3.14. The lowest BCUT2D eigenvalue weighted by Crippen LogP contribution is -2.50. The van der Waals surface area contributed by atoms with Crippen LogP contribution < -0.4 is 0 Å². The predicted molar refractivity (Wildman–Crippen MR) is 93.2 cm³/mol. The van der Waals surface area contributed by atoms with Crippen molar-refractivity contribution in [1.82, 2.24) is 9.80 Å². The van der Waals surface area contributed by atoms with Gasteiger partial charge in [-0.25, -0.2) is 0 Å². The minimum atomic E-state index is -0.296. The number of carbonyl (C=O) groups excluding carboxylic acids is 1. The number of aliphatic hydroxyl groups excluding tert-OH is 1. The van der Waals surface area contributed by atoms with Gasteiger partial charge in [-0.15, -0.1) is 0 Å². The summed E-state index contributed by atoms with van der Waals surface area (Å²) in [5.41, 5.74) is 1.35. The van der Waals surface area contributed by atoms with Crippen molar-refractivity contribution in [2.24, 2.45) is 5.92 Å². The maximum atomic E-state index is 12.4. The first-order valence-corrected chi connectivity index (χ1v) is 8.76. The van der Waals surface area contributed by atoms with Gasteiger partial charge in [0.2, 0.25) is 5.91 Å². The molecule has 1 aliphatic rings. The van der Waals surface area contributed by atoms with E-state index in [1.807, 2.05) is 17.9 Å². The third kappa shape index (κ3) is 6.32. The van der Waals surface area contributed by atoms with Crippen LogP contribution in [0.25, 0.3) is 0 Å². The Morgan fingerprint density at radius 3 is 2.39 bits per heavy atom. The molecule has 2 rings (SSSR count). The van der Waals surface area contributed by atoms with Gasteiger partial charge in [0.05, 0.1) is 6.10 Å². The molecule has 0 aromatic heterocycles. The fraction of sp³-hybridized carbons (Fsp3) is 0.632. The third-order valence-electron chi connectivity index (χ3n) is 4.54. The molecule has 4 nitrogen and oxygen atoms in total. The number of piperazine rings is 1. The van der Waals surface area contributed by atoms with Gasteiger partial charge in [0.25, 0.3) is 0 Å². The molecule has 2 atom stereocenters. The Bertz CT molecular complexity index is 468. The molecular weight excluding hydrogens is 288 g/mol. The minimum absolute atomic E-state index is 0.280. The normalized spacial score (nSPS) is 18.7. The zero-order valence-corrected chi connectivity index (χ0v) is 14.4.